The highest BCUT2D eigenvalue weighted by molar-refractivity contribution is 4.82. The number of hydrogen-bond donors (Lipinski definition) is 3. The van der Waals surface area contributed by atoms with Gasteiger partial charge in [0.1, 0.15) is 0 Å². The molecule has 92 valence electrons. The summed E-state index contributed by atoms with van der Waals surface area (Å²) in [7, 11) is 0. The Morgan fingerprint density at radius 1 is 1.07 bits per heavy atom. The predicted molar refractivity (Wildman–Crippen MR) is 48.0 cm³/mol. The smallest absolute Gasteiger partial charge is 0.339 e. The van der Waals surface area contributed by atoms with E-state index in [9.17, 15) is 13.2 Å². The standard InChI is InChI=1S/C9H17F3O3/c1-2-3-4-5-6-7(10)8(11,12)9(13,14)15/h7,13-15H,2-6H2,1H3. The highest BCUT2D eigenvalue weighted by Crippen LogP contribution is 2.33. The van der Waals surface area contributed by atoms with Gasteiger partial charge in [0.05, 0.1) is 0 Å². The van der Waals surface area contributed by atoms with E-state index in [1.165, 1.54) is 0 Å². The van der Waals surface area contributed by atoms with Crippen molar-refractivity contribution in [1.29, 1.82) is 0 Å². The average Bonchev–Trinajstić information content (AvgIpc) is 2.10. The topological polar surface area (TPSA) is 60.7 Å². The molecule has 0 aromatic rings. The molecule has 0 saturated heterocycles. The molecule has 0 aromatic carbocycles. The Morgan fingerprint density at radius 2 is 1.60 bits per heavy atom. The fraction of sp³-hybridized carbons (Fsp3) is 1.00. The highest BCUT2D eigenvalue weighted by atomic mass is 19.3. The lowest BCUT2D eigenvalue weighted by Crippen LogP contribution is -2.53. The van der Waals surface area contributed by atoms with E-state index in [1.54, 1.807) is 0 Å². The van der Waals surface area contributed by atoms with Crippen LogP contribution in [0.5, 0.6) is 0 Å². The minimum absolute atomic E-state index is 0.223. The van der Waals surface area contributed by atoms with Crippen LogP contribution in [0.1, 0.15) is 39.0 Å². The van der Waals surface area contributed by atoms with Gasteiger partial charge in [0.15, 0.2) is 6.17 Å². The van der Waals surface area contributed by atoms with Crippen LogP contribution in [-0.4, -0.2) is 33.4 Å². The molecule has 15 heavy (non-hydrogen) atoms. The number of halogens is 3. The number of alkyl halides is 3. The van der Waals surface area contributed by atoms with Crippen LogP contribution in [-0.2, 0) is 0 Å². The Hall–Kier alpha value is -0.330. The maximum absolute atomic E-state index is 12.9. The molecule has 1 unspecified atom stereocenters. The zero-order valence-electron chi connectivity index (χ0n) is 8.59. The van der Waals surface area contributed by atoms with Crippen LogP contribution < -0.4 is 0 Å². The first-order valence-electron chi connectivity index (χ1n) is 4.92. The molecule has 0 rings (SSSR count). The van der Waals surface area contributed by atoms with E-state index < -0.39 is 24.5 Å². The monoisotopic (exact) mass is 230 g/mol. The second-order valence-corrected chi connectivity index (χ2v) is 3.58. The van der Waals surface area contributed by atoms with Crippen LogP contribution in [0.25, 0.3) is 0 Å². The lowest BCUT2D eigenvalue weighted by Gasteiger charge is -2.28. The Morgan fingerprint density at radius 3 is 2.00 bits per heavy atom. The van der Waals surface area contributed by atoms with Crippen molar-refractivity contribution in [2.45, 2.75) is 57.1 Å². The molecule has 0 spiro atoms. The molecule has 0 bridgehead atoms. The first kappa shape index (κ1) is 14.7. The van der Waals surface area contributed by atoms with E-state index in [-0.39, 0.29) is 6.42 Å². The van der Waals surface area contributed by atoms with Gasteiger partial charge in [0.2, 0.25) is 0 Å². The Labute approximate surface area is 86.5 Å². The van der Waals surface area contributed by atoms with Crippen LogP contribution >= 0.6 is 0 Å². The molecular formula is C9H17F3O3. The first-order chi connectivity index (χ1) is 6.73. The SMILES string of the molecule is CCCCCCC(F)C(F)(F)C(O)(O)O. The number of unbranched alkanes of at least 4 members (excludes halogenated alkanes) is 3. The molecule has 0 aliphatic rings. The van der Waals surface area contributed by atoms with Gasteiger partial charge in [0, 0.05) is 0 Å². The first-order valence-corrected chi connectivity index (χ1v) is 4.92. The van der Waals surface area contributed by atoms with Crippen molar-refractivity contribution in [3.05, 3.63) is 0 Å². The van der Waals surface area contributed by atoms with Crippen molar-refractivity contribution >= 4 is 0 Å². The largest absolute Gasteiger partial charge is 0.357 e. The Balaban J connectivity index is 4.03. The zero-order chi connectivity index (χ0) is 12.1. The molecule has 0 aliphatic heterocycles. The molecule has 3 nitrogen and oxygen atoms in total. The summed E-state index contributed by atoms with van der Waals surface area (Å²) in [6.07, 6.45) is -0.744. The minimum atomic E-state index is -4.56. The van der Waals surface area contributed by atoms with Crippen molar-refractivity contribution in [2.24, 2.45) is 0 Å². The molecule has 0 radical (unpaired) electrons. The van der Waals surface area contributed by atoms with Crippen LogP contribution in [0, 0.1) is 0 Å². The molecule has 1 atom stereocenters. The third-order valence-corrected chi connectivity index (χ3v) is 2.15. The molecule has 0 amide bonds. The van der Waals surface area contributed by atoms with Crippen molar-refractivity contribution in [3.63, 3.8) is 0 Å². The second kappa shape index (κ2) is 5.67. The van der Waals surface area contributed by atoms with E-state index in [1.807, 2.05) is 6.92 Å². The Bertz CT molecular complexity index is 180. The summed E-state index contributed by atoms with van der Waals surface area (Å²) < 4.78 is 38.3. The summed E-state index contributed by atoms with van der Waals surface area (Å²) in [5, 5.41) is 24.7. The van der Waals surface area contributed by atoms with Crippen LogP contribution in [0.3, 0.4) is 0 Å². The second-order valence-electron chi connectivity index (χ2n) is 3.58. The molecule has 0 aromatic heterocycles. The molecule has 0 aliphatic carbocycles. The van der Waals surface area contributed by atoms with Crippen molar-refractivity contribution < 1.29 is 28.5 Å². The molecule has 0 saturated carbocycles. The Kier molecular flexibility index (Phi) is 5.55. The van der Waals surface area contributed by atoms with Gasteiger partial charge in [-0.05, 0) is 6.42 Å². The molecule has 3 N–H and O–H groups in total. The minimum Gasteiger partial charge on any atom is -0.339 e. The van der Waals surface area contributed by atoms with Crippen molar-refractivity contribution in [2.75, 3.05) is 0 Å². The summed E-state index contributed by atoms with van der Waals surface area (Å²) in [6.45, 7) is 1.92. The molecule has 0 fully saturated rings. The number of hydrogen-bond acceptors (Lipinski definition) is 3. The van der Waals surface area contributed by atoms with E-state index >= 15 is 0 Å². The zero-order valence-corrected chi connectivity index (χ0v) is 8.59. The van der Waals surface area contributed by atoms with E-state index in [2.05, 4.69) is 0 Å². The summed E-state index contributed by atoms with van der Waals surface area (Å²) >= 11 is 0. The summed E-state index contributed by atoms with van der Waals surface area (Å²) in [6, 6.07) is 0. The normalized spacial score (nSPS) is 15.4. The number of aliphatic hydroxyl groups is 3. The van der Waals surface area contributed by atoms with Gasteiger partial charge >= 0.3 is 11.9 Å². The van der Waals surface area contributed by atoms with E-state index in [0.29, 0.717) is 6.42 Å². The van der Waals surface area contributed by atoms with Crippen LogP contribution in [0.4, 0.5) is 13.2 Å². The van der Waals surface area contributed by atoms with Gasteiger partial charge in [-0.15, -0.1) is 0 Å². The quantitative estimate of drug-likeness (QED) is 0.459. The van der Waals surface area contributed by atoms with Crippen LogP contribution in [0.15, 0.2) is 0 Å². The fourth-order valence-electron chi connectivity index (χ4n) is 1.14. The lowest BCUT2D eigenvalue weighted by atomic mass is 10.0. The van der Waals surface area contributed by atoms with Gasteiger partial charge in [-0.2, -0.15) is 8.78 Å². The van der Waals surface area contributed by atoms with Crippen molar-refractivity contribution in [1.82, 2.24) is 0 Å². The molecule has 0 heterocycles. The third kappa shape index (κ3) is 4.36. The molecule has 6 heteroatoms. The summed E-state index contributed by atoms with van der Waals surface area (Å²) in [5.74, 6) is -8.85. The van der Waals surface area contributed by atoms with Gasteiger partial charge < -0.3 is 15.3 Å². The third-order valence-electron chi connectivity index (χ3n) is 2.15. The average molecular weight is 230 g/mol. The van der Waals surface area contributed by atoms with E-state index in [4.69, 9.17) is 15.3 Å². The maximum Gasteiger partial charge on any atom is 0.357 e. The van der Waals surface area contributed by atoms with Gasteiger partial charge in [-0.25, -0.2) is 4.39 Å². The van der Waals surface area contributed by atoms with Gasteiger partial charge in [-0.3, -0.25) is 0 Å². The van der Waals surface area contributed by atoms with Crippen LogP contribution in [0.2, 0.25) is 0 Å². The highest BCUT2D eigenvalue weighted by Gasteiger charge is 2.57. The van der Waals surface area contributed by atoms with Gasteiger partial charge in [0.25, 0.3) is 0 Å². The fourth-order valence-corrected chi connectivity index (χ4v) is 1.14. The van der Waals surface area contributed by atoms with E-state index in [0.717, 1.165) is 12.8 Å². The lowest BCUT2D eigenvalue weighted by molar-refractivity contribution is -0.417. The summed E-state index contributed by atoms with van der Waals surface area (Å²) in [4.78, 5) is 0. The van der Waals surface area contributed by atoms with Crippen molar-refractivity contribution in [3.8, 4) is 0 Å². The summed E-state index contributed by atoms with van der Waals surface area (Å²) in [5.41, 5.74) is 0. The van der Waals surface area contributed by atoms with Gasteiger partial charge in [-0.1, -0.05) is 32.6 Å². The number of rotatable bonds is 7. The predicted octanol–water partition coefficient (Wildman–Crippen LogP) is 1.56. The maximum atomic E-state index is 12.9. The molecular weight excluding hydrogens is 213 g/mol.